The molecule has 94 valence electrons. The number of hydrogen-bond acceptors (Lipinski definition) is 4. The van der Waals surface area contributed by atoms with Crippen LogP contribution in [0.2, 0.25) is 0 Å². The highest BCUT2D eigenvalue weighted by molar-refractivity contribution is 5.30. The highest BCUT2D eigenvalue weighted by Crippen LogP contribution is 2.17. The molecule has 0 bridgehead atoms. The molecule has 0 spiro atoms. The van der Waals surface area contributed by atoms with Crippen molar-refractivity contribution >= 4 is 0 Å². The van der Waals surface area contributed by atoms with Crippen LogP contribution in [0, 0.1) is 0 Å². The van der Waals surface area contributed by atoms with Crippen LogP contribution in [0.3, 0.4) is 0 Å². The Labute approximate surface area is 104 Å². The van der Waals surface area contributed by atoms with Crippen molar-refractivity contribution in [1.82, 2.24) is 9.55 Å². The second kappa shape index (κ2) is 5.46. The average Bonchev–Trinajstić information content (AvgIpc) is 2.41. The fourth-order valence-corrected chi connectivity index (χ4v) is 1.57. The van der Waals surface area contributed by atoms with E-state index in [1.165, 1.54) is 10.8 Å². The van der Waals surface area contributed by atoms with E-state index in [1.54, 1.807) is 30.5 Å². The maximum atomic E-state index is 11.9. The molecule has 0 atom stereocenters. The first-order valence-corrected chi connectivity index (χ1v) is 5.67. The summed E-state index contributed by atoms with van der Waals surface area (Å²) < 4.78 is 6.95. The summed E-state index contributed by atoms with van der Waals surface area (Å²) in [7, 11) is 0. The monoisotopic (exact) mass is 246 g/mol. The lowest BCUT2D eigenvalue weighted by Gasteiger charge is -2.07. The van der Waals surface area contributed by atoms with Gasteiger partial charge < -0.3 is 14.4 Å². The molecule has 0 amide bonds. The zero-order valence-electron chi connectivity index (χ0n) is 10.0. The van der Waals surface area contributed by atoms with Crippen molar-refractivity contribution in [3.05, 3.63) is 52.6 Å². The Balaban J connectivity index is 2.31. The van der Waals surface area contributed by atoms with E-state index >= 15 is 0 Å². The molecular weight excluding hydrogens is 232 g/mol. The van der Waals surface area contributed by atoms with E-state index in [1.807, 2.05) is 6.92 Å². The third-order valence-corrected chi connectivity index (χ3v) is 2.52. The van der Waals surface area contributed by atoms with Crippen LogP contribution in [0.15, 0.2) is 41.5 Å². The van der Waals surface area contributed by atoms with Crippen molar-refractivity contribution in [3.63, 3.8) is 0 Å². The summed E-state index contributed by atoms with van der Waals surface area (Å²) in [6.07, 6.45) is 3.13. The molecule has 0 radical (unpaired) electrons. The van der Waals surface area contributed by atoms with Crippen LogP contribution in [-0.4, -0.2) is 14.7 Å². The molecule has 1 heterocycles. The average molecular weight is 246 g/mol. The number of aromatic nitrogens is 2. The van der Waals surface area contributed by atoms with Crippen LogP contribution in [0.1, 0.15) is 12.5 Å². The van der Waals surface area contributed by atoms with Gasteiger partial charge >= 0.3 is 5.56 Å². The first-order valence-electron chi connectivity index (χ1n) is 5.67. The van der Waals surface area contributed by atoms with Crippen LogP contribution in [-0.2, 0) is 13.2 Å². The van der Waals surface area contributed by atoms with Crippen LogP contribution in [0.4, 0.5) is 0 Å². The number of ether oxygens (including phenoxy) is 1. The van der Waals surface area contributed by atoms with Crippen molar-refractivity contribution in [2.45, 2.75) is 20.1 Å². The lowest BCUT2D eigenvalue weighted by molar-refractivity contribution is 0.281. The van der Waals surface area contributed by atoms with Gasteiger partial charge in [0.05, 0.1) is 6.61 Å². The SMILES string of the molecule is CCn1ccnc(Oc2cccc(CO)c2)c1=O. The van der Waals surface area contributed by atoms with Crippen molar-refractivity contribution in [2.75, 3.05) is 0 Å². The number of aliphatic hydroxyl groups excluding tert-OH is 1. The quantitative estimate of drug-likeness (QED) is 0.888. The Kier molecular flexibility index (Phi) is 3.74. The predicted molar refractivity (Wildman–Crippen MR) is 66.6 cm³/mol. The predicted octanol–water partition coefficient (Wildman–Crippen LogP) is 1.55. The van der Waals surface area contributed by atoms with E-state index in [0.29, 0.717) is 12.3 Å². The summed E-state index contributed by atoms with van der Waals surface area (Å²) in [6.45, 7) is 2.37. The molecule has 0 aliphatic rings. The first kappa shape index (κ1) is 12.3. The van der Waals surface area contributed by atoms with Gasteiger partial charge in [0, 0.05) is 18.9 Å². The molecule has 0 aliphatic carbocycles. The van der Waals surface area contributed by atoms with Gasteiger partial charge in [-0.05, 0) is 24.6 Å². The molecule has 0 saturated carbocycles. The highest BCUT2D eigenvalue weighted by atomic mass is 16.5. The second-order valence-electron chi connectivity index (χ2n) is 3.73. The summed E-state index contributed by atoms with van der Waals surface area (Å²) in [4.78, 5) is 15.8. The molecule has 5 heteroatoms. The number of benzene rings is 1. The van der Waals surface area contributed by atoms with Gasteiger partial charge in [0.25, 0.3) is 5.88 Å². The standard InChI is InChI=1S/C13H14N2O3/c1-2-15-7-6-14-12(13(15)17)18-11-5-3-4-10(8-11)9-16/h3-8,16H,2,9H2,1H3. The van der Waals surface area contributed by atoms with Crippen molar-refractivity contribution in [3.8, 4) is 11.6 Å². The molecule has 5 nitrogen and oxygen atoms in total. The lowest BCUT2D eigenvalue weighted by Crippen LogP contribution is -2.20. The van der Waals surface area contributed by atoms with Crippen LogP contribution in [0.25, 0.3) is 0 Å². The maximum absolute atomic E-state index is 11.9. The number of rotatable bonds is 4. The highest BCUT2D eigenvalue weighted by Gasteiger charge is 2.06. The summed E-state index contributed by atoms with van der Waals surface area (Å²) in [6, 6.07) is 6.91. The summed E-state index contributed by atoms with van der Waals surface area (Å²) in [5.74, 6) is 0.523. The van der Waals surface area contributed by atoms with Crippen molar-refractivity contribution < 1.29 is 9.84 Å². The minimum absolute atomic E-state index is 0.0365. The lowest BCUT2D eigenvalue weighted by atomic mass is 10.2. The smallest absolute Gasteiger partial charge is 0.313 e. The topological polar surface area (TPSA) is 64.3 Å². The zero-order chi connectivity index (χ0) is 13.0. The van der Waals surface area contributed by atoms with E-state index in [0.717, 1.165) is 5.56 Å². The fraction of sp³-hybridized carbons (Fsp3) is 0.231. The molecule has 0 unspecified atom stereocenters. The van der Waals surface area contributed by atoms with Crippen LogP contribution in [0.5, 0.6) is 11.6 Å². The molecule has 1 aromatic carbocycles. The van der Waals surface area contributed by atoms with Crippen molar-refractivity contribution in [1.29, 1.82) is 0 Å². The van der Waals surface area contributed by atoms with Gasteiger partial charge in [-0.2, -0.15) is 0 Å². The van der Waals surface area contributed by atoms with E-state index in [4.69, 9.17) is 9.84 Å². The molecule has 2 aromatic rings. The zero-order valence-corrected chi connectivity index (χ0v) is 10.0. The molecule has 0 saturated heterocycles. The summed E-state index contributed by atoms with van der Waals surface area (Å²) in [5, 5.41) is 9.03. The molecule has 18 heavy (non-hydrogen) atoms. The van der Waals surface area contributed by atoms with E-state index in [-0.39, 0.29) is 18.0 Å². The normalized spacial score (nSPS) is 10.3. The summed E-state index contributed by atoms with van der Waals surface area (Å²) >= 11 is 0. The van der Waals surface area contributed by atoms with E-state index in [2.05, 4.69) is 4.98 Å². The molecule has 2 rings (SSSR count). The first-order chi connectivity index (χ1) is 8.74. The maximum Gasteiger partial charge on any atom is 0.313 e. The van der Waals surface area contributed by atoms with E-state index in [9.17, 15) is 4.79 Å². The Morgan fingerprint density at radius 2 is 2.28 bits per heavy atom. The third-order valence-electron chi connectivity index (χ3n) is 2.52. The fourth-order valence-electron chi connectivity index (χ4n) is 1.57. The minimum atomic E-state index is -0.269. The Hall–Kier alpha value is -2.14. The second-order valence-corrected chi connectivity index (χ2v) is 3.73. The summed E-state index contributed by atoms with van der Waals surface area (Å²) in [5.41, 5.74) is 0.452. The number of hydrogen-bond donors (Lipinski definition) is 1. The number of aryl methyl sites for hydroxylation is 1. The van der Waals surface area contributed by atoms with Crippen molar-refractivity contribution in [2.24, 2.45) is 0 Å². The van der Waals surface area contributed by atoms with Gasteiger partial charge in [-0.3, -0.25) is 4.79 Å². The molecule has 0 fully saturated rings. The van der Waals surface area contributed by atoms with Gasteiger partial charge in [0.15, 0.2) is 0 Å². The van der Waals surface area contributed by atoms with Gasteiger partial charge in [0.2, 0.25) is 0 Å². The molecule has 1 N–H and O–H groups in total. The van der Waals surface area contributed by atoms with Gasteiger partial charge in [-0.15, -0.1) is 0 Å². The molecule has 0 aliphatic heterocycles. The van der Waals surface area contributed by atoms with Gasteiger partial charge in [0.1, 0.15) is 5.75 Å². The number of nitrogens with zero attached hydrogens (tertiary/aromatic N) is 2. The number of aliphatic hydroxyl groups is 1. The van der Waals surface area contributed by atoms with Gasteiger partial charge in [-0.1, -0.05) is 12.1 Å². The van der Waals surface area contributed by atoms with Gasteiger partial charge in [-0.25, -0.2) is 4.98 Å². The van der Waals surface area contributed by atoms with E-state index < -0.39 is 0 Å². The minimum Gasteiger partial charge on any atom is -0.435 e. The molecular formula is C13H14N2O3. The van der Waals surface area contributed by atoms with Crippen LogP contribution >= 0.6 is 0 Å². The third kappa shape index (κ3) is 2.57. The Morgan fingerprint density at radius 3 is 3.00 bits per heavy atom. The van der Waals surface area contributed by atoms with Crippen LogP contribution < -0.4 is 10.3 Å². The molecule has 1 aromatic heterocycles. The largest absolute Gasteiger partial charge is 0.435 e. The Bertz CT molecular complexity index is 593. The Morgan fingerprint density at radius 1 is 1.44 bits per heavy atom.